The van der Waals surface area contributed by atoms with Crippen LogP contribution in [0.5, 0.6) is 0 Å². The molecular formula is C10H10Cl2N4. The highest BCUT2D eigenvalue weighted by atomic mass is 35.5. The Balaban J connectivity index is 2.39. The van der Waals surface area contributed by atoms with Gasteiger partial charge in [-0.05, 0) is 18.7 Å². The molecule has 0 bridgehead atoms. The van der Waals surface area contributed by atoms with Crippen LogP contribution in [0.15, 0.2) is 24.4 Å². The van der Waals surface area contributed by atoms with Gasteiger partial charge in [0, 0.05) is 6.42 Å². The first-order chi connectivity index (χ1) is 7.72. The number of aromatic nitrogens is 3. The number of hydrogen-bond acceptors (Lipinski definition) is 3. The molecule has 2 rings (SSSR count). The molecule has 16 heavy (non-hydrogen) atoms. The molecule has 0 amide bonds. The van der Waals surface area contributed by atoms with E-state index < -0.39 is 0 Å². The Morgan fingerprint density at radius 1 is 1.31 bits per heavy atom. The average molecular weight is 257 g/mol. The van der Waals surface area contributed by atoms with Gasteiger partial charge in [0.25, 0.3) is 0 Å². The van der Waals surface area contributed by atoms with Crippen LogP contribution in [0.25, 0.3) is 5.69 Å². The van der Waals surface area contributed by atoms with Crippen LogP contribution in [0.3, 0.4) is 0 Å². The van der Waals surface area contributed by atoms with Crippen molar-refractivity contribution in [3.05, 3.63) is 40.1 Å². The van der Waals surface area contributed by atoms with Crippen molar-refractivity contribution in [1.82, 2.24) is 15.0 Å². The van der Waals surface area contributed by atoms with E-state index in [-0.39, 0.29) is 0 Å². The van der Waals surface area contributed by atoms with Crippen LogP contribution in [-0.4, -0.2) is 21.5 Å². The molecule has 0 saturated carbocycles. The highest BCUT2D eigenvalue weighted by molar-refractivity contribution is 6.43. The van der Waals surface area contributed by atoms with Gasteiger partial charge in [0.1, 0.15) is 0 Å². The van der Waals surface area contributed by atoms with Crippen LogP contribution >= 0.6 is 23.2 Å². The van der Waals surface area contributed by atoms with E-state index in [4.69, 9.17) is 28.9 Å². The molecule has 84 valence electrons. The second kappa shape index (κ2) is 4.82. The lowest BCUT2D eigenvalue weighted by Crippen LogP contribution is -2.02. The summed E-state index contributed by atoms with van der Waals surface area (Å²) in [6.07, 6.45) is 2.49. The third-order valence-electron chi connectivity index (χ3n) is 2.12. The first-order valence-corrected chi connectivity index (χ1v) is 5.53. The van der Waals surface area contributed by atoms with Crippen LogP contribution in [0, 0.1) is 0 Å². The average Bonchev–Trinajstić information content (AvgIpc) is 2.71. The van der Waals surface area contributed by atoms with Crippen molar-refractivity contribution < 1.29 is 0 Å². The van der Waals surface area contributed by atoms with Gasteiger partial charge < -0.3 is 5.73 Å². The van der Waals surface area contributed by atoms with Gasteiger partial charge >= 0.3 is 0 Å². The summed E-state index contributed by atoms with van der Waals surface area (Å²) in [4.78, 5) is 0. The maximum Gasteiger partial charge on any atom is 0.0865 e. The third kappa shape index (κ3) is 2.19. The van der Waals surface area contributed by atoms with Crippen LogP contribution in [-0.2, 0) is 6.42 Å². The predicted octanol–water partition coefficient (Wildman–Crippen LogP) is 2.08. The fourth-order valence-corrected chi connectivity index (χ4v) is 1.73. The SMILES string of the molecule is NCCc1cn(-c2cccc(Cl)c2Cl)nn1. The zero-order chi connectivity index (χ0) is 11.5. The Hall–Kier alpha value is -1.10. The summed E-state index contributed by atoms with van der Waals surface area (Å²) in [7, 11) is 0. The zero-order valence-corrected chi connectivity index (χ0v) is 9.91. The summed E-state index contributed by atoms with van der Waals surface area (Å²) in [5.41, 5.74) is 6.98. The fourth-order valence-electron chi connectivity index (χ4n) is 1.35. The number of halogens is 2. The quantitative estimate of drug-likeness (QED) is 0.915. The molecule has 2 N–H and O–H groups in total. The minimum atomic E-state index is 0.466. The first-order valence-electron chi connectivity index (χ1n) is 4.78. The Morgan fingerprint density at radius 2 is 2.12 bits per heavy atom. The molecule has 0 aliphatic heterocycles. The number of nitrogens with zero attached hydrogens (tertiary/aromatic N) is 3. The Labute approximate surface area is 103 Å². The van der Waals surface area contributed by atoms with E-state index in [0.29, 0.717) is 28.7 Å². The summed E-state index contributed by atoms with van der Waals surface area (Å²) in [5, 5.41) is 8.92. The van der Waals surface area contributed by atoms with E-state index in [2.05, 4.69) is 10.3 Å². The standard InChI is InChI=1S/C10H10Cl2N4/c11-8-2-1-3-9(10(8)12)16-6-7(4-5-13)14-15-16/h1-3,6H,4-5,13H2. The van der Waals surface area contributed by atoms with Gasteiger partial charge in [-0.25, -0.2) is 4.68 Å². The molecule has 0 atom stereocenters. The number of benzene rings is 1. The fraction of sp³-hybridized carbons (Fsp3) is 0.200. The van der Waals surface area contributed by atoms with Crippen LogP contribution < -0.4 is 5.73 Å². The smallest absolute Gasteiger partial charge is 0.0865 e. The first kappa shape index (κ1) is 11.4. The maximum absolute atomic E-state index is 6.07. The van der Waals surface area contributed by atoms with E-state index in [1.54, 1.807) is 16.9 Å². The second-order valence-electron chi connectivity index (χ2n) is 3.27. The van der Waals surface area contributed by atoms with Gasteiger partial charge in [0.15, 0.2) is 0 Å². The molecule has 1 heterocycles. The van der Waals surface area contributed by atoms with Gasteiger partial charge in [-0.2, -0.15) is 0 Å². The Bertz CT molecular complexity index is 495. The van der Waals surface area contributed by atoms with Crippen LogP contribution in [0.4, 0.5) is 0 Å². The molecule has 0 fully saturated rings. The highest BCUT2D eigenvalue weighted by Crippen LogP contribution is 2.27. The topological polar surface area (TPSA) is 56.7 Å². The molecule has 6 heteroatoms. The molecule has 0 unspecified atom stereocenters. The van der Waals surface area contributed by atoms with Crippen LogP contribution in [0.1, 0.15) is 5.69 Å². The van der Waals surface area contributed by atoms with Crippen molar-refractivity contribution >= 4 is 23.2 Å². The van der Waals surface area contributed by atoms with Crippen molar-refractivity contribution in [2.75, 3.05) is 6.54 Å². The molecule has 2 aromatic rings. The summed E-state index contributed by atoms with van der Waals surface area (Å²) >= 11 is 12.0. The lowest BCUT2D eigenvalue weighted by atomic mass is 10.3. The molecule has 0 saturated heterocycles. The maximum atomic E-state index is 6.07. The minimum absolute atomic E-state index is 0.466. The molecule has 0 aliphatic carbocycles. The lowest BCUT2D eigenvalue weighted by molar-refractivity contribution is 0.795. The molecule has 1 aromatic carbocycles. The molecule has 0 spiro atoms. The van der Waals surface area contributed by atoms with E-state index >= 15 is 0 Å². The summed E-state index contributed by atoms with van der Waals surface area (Å²) < 4.78 is 1.60. The van der Waals surface area contributed by atoms with Gasteiger partial charge in [0.05, 0.1) is 27.6 Å². The molecule has 4 nitrogen and oxygen atoms in total. The van der Waals surface area contributed by atoms with Crippen molar-refractivity contribution in [2.45, 2.75) is 6.42 Å². The largest absolute Gasteiger partial charge is 0.330 e. The lowest BCUT2D eigenvalue weighted by Gasteiger charge is -2.03. The van der Waals surface area contributed by atoms with E-state index in [0.717, 1.165) is 5.69 Å². The van der Waals surface area contributed by atoms with Gasteiger partial charge in [-0.15, -0.1) is 5.10 Å². The monoisotopic (exact) mass is 256 g/mol. The normalized spacial score (nSPS) is 10.7. The predicted molar refractivity (Wildman–Crippen MR) is 64.1 cm³/mol. The summed E-state index contributed by atoms with van der Waals surface area (Å²) in [5.74, 6) is 0. The number of nitrogens with two attached hydrogens (primary N) is 1. The van der Waals surface area contributed by atoms with E-state index in [9.17, 15) is 0 Å². The van der Waals surface area contributed by atoms with E-state index in [1.165, 1.54) is 0 Å². The minimum Gasteiger partial charge on any atom is -0.330 e. The van der Waals surface area contributed by atoms with Crippen molar-refractivity contribution in [1.29, 1.82) is 0 Å². The van der Waals surface area contributed by atoms with Gasteiger partial charge in [-0.1, -0.05) is 34.5 Å². The highest BCUT2D eigenvalue weighted by Gasteiger charge is 2.08. The van der Waals surface area contributed by atoms with Gasteiger partial charge in [-0.3, -0.25) is 0 Å². The van der Waals surface area contributed by atoms with Crippen molar-refractivity contribution in [3.8, 4) is 5.69 Å². The van der Waals surface area contributed by atoms with E-state index in [1.807, 2.05) is 12.1 Å². The summed E-state index contributed by atoms with van der Waals surface area (Å²) in [6, 6.07) is 5.37. The Morgan fingerprint density at radius 3 is 2.88 bits per heavy atom. The second-order valence-corrected chi connectivity index (χ2v) is 4.05. The molecular weight excluding hydrogens is 247 g/mol. The summed E-state index contributed by atoms with van der Waals surface area (Å²) in [6.45, 7) is 0.544. The van der Waals surface area contributed by atoms with Crippen molar-refractivity contribution in [3.63, 3.8) is 0 Å². The molecule has 0 radical (unpaired) electrons. The van der Waals surface area contributed by atoms with Gasteiger partial charge in [0.2, 0.25) is 0 Å². The Kier molecular flexibility index (Phi) is 3.43. The third-order valence-corrected chi connectivity index (χ3v) is 2.93. The molecule has 0 aliphatic rings. The number of hydrogen-bond donors (Lipinski definition) is 1. The van der Waals surface area contributed by atoms with Crippen molar-refractivity contribution in [2.24, 2.45) is 5.73 Å². The zero-order valence-electron chi connectivity index (χ0n) is 8.40. The molecule has 1 aromatic heterocycles. The number of rotatable bonds is 3. The van der Waals surface area contributed by atoms with Crippen LogP contribution in [0.2, 0.25) is 10.0 Å².